The van der Waals surface area contributed by atoms with Crippen LogP contribution in [0.4, 0.5) is 24.7 Å². The third-order valence-electron chi connectivity index (χ3n) is 7.22. The quantitative estimate of drug-likeness (QED) is 0.241. The summed E-state index contributed by atoms with van der Waals surface area (Å²) in [5.41, 5.74) is 6.56. The van der Waals surface area contributed by atoms with E-state index in [4.69, 9.17) is 15.2 Å². The highest BCUT2D eigenvalue weighted by Crippen LogP contribution is 2.43. The van der Waals surface area contributed by atoms with Crippen molar-refractivity contribution in [3.05, 3.63) is 52.8 Å². The fourth-order valence-corrected chi connectivity index (χ4v) is 5.30. The Kier molecular flexibility index (Phi) is 8.19. The van der Waals surface area contributed by atoms with E-state index in [1.807, 2.05) is 32.9 Å². The van der Waals surface area contributed by atoms with E-state index < -0.39 is 23.4 Å². The maximum Gasteiger partial charge on any atom is 0.416 e. The van der Waals surface area contributed by atoms with Crippen molar-refractivity contribution in [1.82, 2.24) is 9.97 Å². The molecule has 4 rings (SSSR count). The molecule has 1 aliphatic rings. The highest BCUT2D eigenvalue weighted by Gasteiger charge is 2.33. The number of rotatable bonds is 6. The lowest BCUT2D eigenvalue weighted by Gasteiger charge is -2.30. The number of carbonyl (C=O) groups excluding carboxylic acids is 1. The van der Waals surface area contributed by atoms with E-state index in [2.05, 4.69) is 15.3 Å². The number of aryl methyl sites for hydroxylation is 1. The lowest BCUT2D eigenvalue weighted by atomic mass is 9.78. The standard InChI is InChI=1S/C30H37F3N4O3/c1-16(20-11-21(30(31,32)33)13-22(34)12-20)35-27-24-14-23(26(39-6)15-25(24)36-17(2)37-27)18-7-9-19(10-8-18)28(38)40-29(3,4)5/h11-16,18-19H,7-10,34H2,1-6H3,(H,35,36,37). The fraction of sp³-hybridized carbons (Fsp3) is 0.500. The number of methoxy groups -OCH3 is 1. The van der Waals surface area contributed by atoms with Crippen molar-refractivity contribution in [2.45, 2.75) is 84.0 Å². The summed E-state index contributed by atoms with van der Waals surface area (Å²) in [5.74, 6) is 1.60. The van der Waals surface area contributed by atoms with E-state index in [-0.39, 0.29) is 23.5 Å². The summed E-state index contributed by atoms with van der Waals surface area (Å²) < 4.78 is 51.5. The van der Waals surface area contributed by atoms with Crippen LogP contribution in [0.25, 0.3) is 10.9 Å². The van der Waals surface area contributed by atoms with Crippen molar-refractivity contribution >= 4 is 28.4 Å². The van der Waals surface area contributed by atoms with Crippen LogP contribution in [0.1, 0.15) is 87.9 Å². The number of aromatic nitrogens is 2. The molecule has 1 fully saturated rings. The number of benzene rings is 2. The van der Waals surface area contributed by atoms with Gasteiger partial charge >= 0.3 is 12.1 Å². The molecule has 1 aromatic heterocycles. The van der Waals surface area contributed by atoms with Crippen LogP contribution in [0.5, 0.6) is 5.75 Å². The van der Waals surface area contributed by atoms with Gasteiger partial charge in [-0.3, -0.25) is 4.79 Å². The largest absolute Gasteiger partial charge is 0.496 e. The molecule has 7 nitrogen and oxygen atoms in total. The summed E-state index contributed by atoms with van der Waals surface area (Å²) >= 11 is 0. The minimum Gasteiger partial charge on any atom is -0.496 e. The zero-order valence-electron chi connectivity index (χ0n) is 23.8. The van der Waals surface area contributed by atoms with Gasteiger partial charge in [-0.2, -0.15) is 13.2 Å². The van der Waals surface area contributed by atoms with Gasteiger partial charge in [0.05, 0.1) is 30.1 Å². The average molecular weight is 559 g/mol. The fourth-order valence-electron chi connectivity index (χ4n) is 5.30. The normalized spacial score (nSPS) is 18.8. The molecular formula is C30H37F3N4O3. The second-order valence-electron chi connectivity index (χ2n) is 11.6. The van der Waals surface area contributed by atoms with Crippen molar-refractivity contribution in [3.8, 4) is 5.75 Å². The summed E-state index contributed by atoms with van der Waals surface area (Å²) in [5, 5.41) is 4.02. The number of nitrogen functional groups attached to an aromatic ring is 1. The van der Waals surface area contributed by atoms with Crippen molar-refractivity contribution in [2.75, 3.05) is 18.2 Å². The Morgan fingerprint density at radius 1 is 1.05 bits per heavy atom. The number of nitrogens with two attached hydrogens (primary N) is 1. The molecule has 0 radical (unpaired) electrons. The molecule has 0 saturated heterocycles. The van der Waals surface area contributed by atoms with Crippen LogP contribution in [0.15, 0.2) is 30.3 Å². The summed E-state index contributed by atoms with van der Waals surface area (Å²) in [6, 6.07) is 6.91. The number of halogens is 3. The Morgan fingerprint density at radius 3 is 2.33 bits per heavy atom. The van der Waals surface area contributed by atoms with Crippen molar-refractivity contribution < 1.29 is 27.4 Å². The molecule has 0 spiro atoms. The first-order chi connectivity index (χ1) is 18.6. The number of ether oxygens (including phenoxy) is 2. The predicted molar refractivity (Wildman–Crippen MR) is 149 cm³/mol. The first-order valence-corrected chi connectivity index (χ1v) is 13.5. The van der Waals surface area contributed by atoms with Gasteiger partial charge in [0.25, 0.3) is 0 Å². The molecule has 1 unspecified atom stereocenters. The highest BCUT2D eigenvalue weighted by molar-refractivity contribution is 5.91. The van der Waals surface area contributed by atoms with Crippen LogP contribution in [-0.2, 0) is 15.7 Å². The Hall–Kier alpha value is -3.56. The molecule has 1 aliphatic carbocycles. The topological polar surface area (TPSA) is 99.4 Å². The van der Waals surface area contributed by atoms with Crippen molar-refractivity contribution in [2.24, 2.45) is 5.92 Å². The van der Waals surface area contributed by atoms with Gasteiger partial charge in [0.15, 0.2) is 0 Å². The van der Waals surface area contributed by atoms with Gasteiger partial charge in [-0.05, 0) is 102 Å². The Labute approximate surface area is 232 Å². The van der Waals surface area contributed by atoms with E-state index in [1.165, 1.54) is 6.07 Å². The number of fused-ring (bicyclic) bond motifs is 1. The number of nitrogens with zero attached hydrogens (tertiary/aromatic N) is 2. The maximum absolute atomic E-state index is 13.4. The third kappa shape index (κ3) is 6.77. The lowest BCUT2D eigenvalue weighted by molar-refractivity contribution is -0.161. The first kappa shape index (κ1) is 29.4. The molecule has 1 saturated carbocycles. The number of esters is 1. The van der Waals surface area contributed by atoms with Gasteiger partial charge < -0.3 is 20.5 Å². The van der Waals surface area contributed by atoms with Crippen LogP contribution in [-0.4, -0.2) is 28.6 Å². The smallest absolute Gasteiger partial charge is 0.416 e. The van der Waals surface area contributed by atoms with E-state index in [0.29, 0.717) is 41.3 Å². The Bertz CT molecular complexity index is 1390. The van der Waals surface area contributed by atoms with Crippen LogP contribution >= 0.6 is 0 Å². The predicted octanol–water partition coefficient (Wildman–Crippen LogP) is 7.34. The second-order valence-corrected chi connectivity index (χ2v) is 11.6. The van der Waals surface area contributed by atoms with Gasteiger partial charge in [-0.25, -0.2) is 9.97 Å². The SMILES string of the molecule is COc1cc2nc(C)nc(NC(C)c3cc(N)cc(C(F)(F)F)c3)c2cc1C1CCC(C(=O)OC(C)(C)C)CC1. The van der Waals surface area contributed by atoms with E-state index in [9.17, 15) is 18.0 Å². The van der Waals surface area contributed by atoms with Crippen LogP contribution in [0.2, 0.25) is 0 Å². The van der Waals surface area contributed by atoms with E-state index in [1.54, 1.807) is 21.0 Å². The summed E-state index contributed by atoms with van der Waals surface area (Å²) in [6.45, 7) is 9.13. The molecule has 2 aromatic carbocycles. The summed E-state index contributed by atoms with van der Waals surface area (Å²) in [7, 11) is 1.62. The van der Waals surface area contributed by atoms with Crippen molar-refractivity contribution in [3.63, 3.8) is 0 Å². The molecule has 10 heteroatoms. The highest BCUT2D eigenvalue weighted by atomic mass is 19.4. The third-order valence-corrected chi connectivity index (χ3v) is 7.22. The molecule has 216 valence electrons. The monoisotopic (exact) mass is 558 g/mol. The zero-order valence-corrected chi connectivity index (χ0v) is 23.8. The van der Waals surface area contributed by atoms with Gasteiger partial charge in [-0.15, -0.1) is 0 Å². The van der Waals surface area contributed by atoms with Gasteiger partial charge in [0.2, 0.25) is 0 Å². The molecule has 0 bridgehead atoms. The molecule has 3 N–H and O–H groups in total. The summed E-state index contributed by atoms with van der Waals surface area (Å²) in [4.78, 5) is 21.8. The number of anilines is 2. The Morgan fingerprint density at radius 2 is 1.73 bits per heavy atom. The van der Waals surface area contributed by atoms with Gasteiger partial charge in [0.1, 0.15) is 23.0 Å². The molecule has 1 heterocycles. The van der Waals surface area contributed by atoms with Crippen LogP contribution in [0, 0.1) is 12.8 Å². The minimum absolute atomic E-state index is 0.0382. The van der Waals surface area contributed by atoms with E-state index >= 15 is 0 Å². The van der Waals surface area contributed by atoms with Crippen molar-refractivity contribution in [1.29, 1.82) is 0 Å². The average Bonchev–Trinajstić information content (AvgIpc) is 2.86. The minimum atomic E-state index is -4.50. The molecule has 3 aromatic rings. The molecular weight excluding hydrogens is 521 g/mol. The lowest BCUT2D eigenvalue weighted by Crippen LogP contribution is -2.30. The van der Waals surface area contributed by atoms with E-state index in [0.717, 1.165) is 35.9 Å². The van der Waals surface area contributed by atoms with Gasteiger partial charge in [0, 0.05) is 17.1 Å². The van der Waals surface area contributed by atoms with Crippen LogP contribution < -0.4 is 15.8 Å². The number of nitrogens with one attached hydrogen (secondary N) is 1. The second kappa shape index (κ2) is 11.1. The first-order valence-electron chi connectivity index (χ1n) is 13.5. The Balaban J connectivity index is 1.64. The maximum atomic E-state index is 13.4. The number of hydrogen-bond donors (Lipinski definition) is 2. The number of hydrogen-bond acceptors (Lipinski definition) is 7. The zero-order chi connectivity index (χ0) is 29.4. The van der Waals surface area contributed by atoms with Gasteiger partial charge in [-0.1, -0.05) is 0 Å². The molecule has 0 aliphatic heterocycles. The van der Waals surface area contributed by atoms with Crippen LogP contribution in [0.3, 0.4) is 0 Å². The number of carbonyl (C=O) groups is 1. The summed E-state index contributed by atoms with van der Waals surface area (Å²) in [6.07, 6.45) is -1.49. The molecule has 1 atom stereocenters. The number of alkyl halides is 3. The molecule has 40 heavy (non-hydrogen) atoms. The molecule has 0 amide bonds.